The molecule has 166 valence electrons. The Morgan fingerprint density at radius 2 is 1.62 bits per heavy atom. The molecule has 8 heteroatoms. The van der Waals surface area contributed by atoms with Gasteiger partial charge in [-0.1, -0.05) is 20.8 Å². The lowest BCUT2D eigenvalue weighted by molar-refractivity contribution is -0.144. The van der Waals surface area contributed by atoms with Crippen LogP contribution >= 0.6 is 0 Å². The number of hydrogen-bond donors (Lipinski definition) is 1. The Balaban J connectivity index is 1.48. The second kappa shape index (κ2) is 9.47. The SMILES string of the molecule is CC(C)(C)C(=O)Nc1ccc(C(=O)COC(=O)COc2ccc3ccc(=O)oc3c2)cc1. The Bertz CT molecular complexity index is 1200. The van der Waals surface area contributed by atoms with Crippen LogP contribution in [0.25, 0.3) is 11.0 Å². The largest absolute Gasteiger partial charge is 0.482 e. The van der Waals surface area contributed by atoms with Gasteiger partial charge in [0.1, 0.15) is 11.3 Å². The molecule has 0 fully saturated rings. The highest BCUT2D eigenvalue weighted by molar-refractivity contribution is 5.99. The molecule has 0 aliphatic rings. The number of anilines is 1. The van der Waals surface area contributed by atoms with Gasteiger partial charge in [-0.15, -0.1) is 0 Å². The van der Waals surface area contributed by atoms with Crippen LogP contribution in [0.3, 0.4) is 0 Å². The van der Waals surface area contributed by atoms with Crippen LogP contribution in [-0.4, -0.2) is 30.9 Å². The van der Waals surface area contributed by atoms with Gasteiger partial charge in [0.05, 0.1) is 0 Å². The summed E-state index contributed by atoms with van der Waals surface area (Å²) < 4.78 is 15.4. The zero-order chi connectivity index (χ0) is 23.3. The minimum atomic E-state index is -0.720. The zero-order valence-electron chi connectivity index (χ0n) is 18.0. The van der Waals surface area contributed by atoms with Gasteiger partial charge in [0.2, 0.25) is 5.91 Å². The molecule has 1 aromatic heterocycles. The van der Waals surface area contributed by atoms with Crippen LogP contribution in [0.4, 0.5) is 5.69 Å². The molecule has 0 radical (unpaired) electrons. The predicted molar refractivity (Wildman–Crippen MR) is 118 cm³/mol. The molecule has 0 aliphatic heterocycles. The third kappa shape index (κ3) is 6.04. The number of carbonyl (C=O) groups excluding carboxylic acids is 3. The van der Waals surface area contributed by atoms with Crippen LogP contribution in [-0.2, 0) is 14.3 Å². The molecule has 3 rings (SSSR count). The molecule has 0 spiro atoms. The fraction of sp³-hybridized carbons (Fsp3) is 0.250. The highest BCUT2D eigenvalue weighted by atomic mass is 16.6. The fourth-order valence-corrected chi connectivity index (χ4v) is 2.60. The van der Waals surface area contributed by atoms with Crippen molar-refractivity contribution in [3.63, 3.8) is 0 Å². The number of ether oxygens (including phenoxy) is 2. The minimum Gasteiger partial charge on any atom is -0.482 e. The van der Waals surface area contributed by atoms with Crippen molar-refractivity contribution in [3.05, 3.63) is 70.6 Å². The summed E-state index contributed by atoms with van der Waals surface area (Å²) >= 11 is 0. The summed E-state index contributed by atoms with van der Waals surface area (Å²) in [7, 11) is 0. The standard InChI is InChI=1S/C24H23NO7/c1-24(2,3)23(29)25-17-8-4-15(5-9-17)19(26)13-31-22(28)14-30-18-10-6-16-7-11-21(27)32-20(16)12-18/h4-12H,13-14H2,1-3H3,(H,25,29). The van der Waals surface area contributed by atoms with Crippen molar-refractivity contribution in [2.24, 2.45) is 5.41 Å². The van der Waals surface area contributed by atoms with E-state index in [9.17, 15) is 19.2 Å². The first-order chi connectivity index (χ1) is 15.1. The molecule has 0 unspecified atom stereocenters. The monoisotopic (exact) mass is 437 g/mol. The molecule has 8 nitrogen and oxygen atoms in total. The molecule has 0 atom stereocenters. The molecule has 1 amide bonds. The normalized spacial score (nSPS) is 11.1. The summed E-state index contributed by atoms with van der Waals surface area (Å²) in [5.41, 5.74) is 0.221. The Labute approximate surface area is 184 Å². The van der Waals surface area contributed by atoms with E-state index >= 15 is 0 Å². The van der Waals surface area contributed by atoms with Crippen LogP contribution in [0.15, 0.2) is 63.8 Å². The van der Waals surface area contributed by atoms with E-state index in [-0.39, 0.29) is 11.7 Å². The van der Waals surface area contributed by atoms with Crippen LogP contribution in [0.2, 0.25) is 0 Å². The molecule has 2 aromatic carbocycles. The lowest BCUT2D eigenvalue weighted by atomic mass is 9.95. The maximum atomic E-state index is 12.2. The molecule has 32 heavy (non-hydrogen) atoms. The van der Waals surface area contributed by atoms with E-state index in [4.69, 9.17) is 13.9 Å². The van der Waals surface area contributed by atoms with E-state index in [1.54, 1.807) is 63.2 Å². The van der Waals surface area contributed by atoms with Crippen molar-refractivity contribution < 1.29 is 28.3 Å². The first-order valence-electron chi connectivity index (χ1n) is 9.89. The van der Waals surface area contributed by atoms with Gasteiger partial charge in [-0.25, -0.2) is 9.59 Å². The molecular formula is C24H23NO7. The predicted octanol–water partition coefficient (Wildman–Crippen LogP) is 3.58. The topological polar surface area (TPSA) is 112 Å². The number of fused-ring (bicyclic) bond motifs is 1. The summed E-state index contributed by atoms with van der Waals surface area (Å²) in [5, 5.41) is 3.49. The quantitative estimate of drug-likeness (QED) is 0.342. The lowest BCUT2D eigenvalue weighted by Crippen LogP contribution is -2.27. The molecular weight excluding hydrogens is 414 g/mol. The van der Waals surface area contributed by atoms with Crippen LogP contribution in [0, 0.1) is 5.41 Å². The van der Waals surface area contributed by atoms with E-state index < -0.39 is 30.2 Å². The van der Waals surface area contributed by atoms with E-state index in [1.807, 2.05) is 0 Å². The number of carbonyl (C=O) groups is 3. The van der Waals surface area contributed by atoms with E-state index in [2.05, 4.69) is 5.32 Å². The number of ketones is 1. The van der Waals surface area contributed by atoms with Crippen LogP contribution in [0.5, 0.6) is 5.75 Å². The number of amides is 1. The first kappa shape index (κ1) is 22.7. The van der Waals surface area contributed by atoms with E-state index in [0.29, 0.717) is 28.0 Å². The van der Waals surface area contributed by atoms with Crippen LogP contribution in [0.1, 0.15) is 31.1 Å². The molecule has 0 saturated heterocycles. The van der Waals surface area contributed by atoms with Gasteiger partial charge in [0.25, 0.3) is 0 Å². The first-order valence-corrected chi connectivity index (χ1v) is 9.89. The van der Waals surface area contributed by atoms with Crippen molar-refractivity contribution >= 4 is 34.3 Å². The molecule has 1 heterocycles. The summed E-state index contributed by atoms with van der Waals surface area (Å²) in [6, 6.07) is 14.1. The Kier molecular flexibility index (Phi) is 6.73. The smallest absolute Gasteiger partial charge is 0.344 e. The number of hydrogen-bond acceptors (Lipinski definition) is 7. The van der Waals surface area contributed by atoms with Gasteiger partial charge in [0.15, 0.2) is 19.0 Å². The summed E-state index contributed by atoms with van der Waals surface area (Å²) in [5.74, 6) is -0.927. The van der Waals surface area contributed by atoms with Crippen molar-refractivity contribution in [2.45, 2.75) is 20.8 Å². The number of Topliss-reactive ketones (excluding diaryl/α,β-unsaturated/α-hetero) is 1. The van der Waals surface area contributed by atoms with Crippen molar-refractivity contribution in [1.82, 2.24) is 0 Å². The zero-order valence-corrected chi connectivity index (χ0v) is 18.0. The highest BCUT2D eigenvalue weighted by Gasteiger charge is 2.21. The molecule has 0 aliphatic carbocycles. The van der Waals surface area contributed by atoms with Gasteiger partial charge in [-0.05, 0) is 42.5 Å². The number of nitrogens with one attached hydrogen (secondary N) is 1. The molecule has 3 aromatic rings. The summed E-state index contributed by atoms with van der Waals surface area (Å²) in [4.78, 5) is 47.5. The second-order valence-electron chi connectivity index (χ2n) is 8.11. The third-order valence-electron chi connectivity index (χ3n) is 4.46. The van der Waals surface area contributed by atoms with Gasteiger partial charge in [-0.3, -0.25) is 9.59 Å². The average molecular weight is 437 g/mol. The molecule has 1 N–H and O–H groups in total. The average Bonchev–Trinajstić information content (AvgIpc) is 2.75. The fourth-order valence-electron chi connectivity index (χ4n) is 2.60. The Hall–Kier alpha value is -3.94. The number of rotatable bonds is 7. The van der Waals surface area contributed by atoms with Gasteiger partial charge in [0, 0.05) is 34.2 Å². The summed E-state index contributed by atoms with van der Waals surface area (Å²) in [6.07, 6.45) is 0. The second-order valence-corrected chi connectivity index (χ2v) is 8.11. The van der Waals surface area contributed by atoms with Crippen molar-refractivity contribution in [3.8, 4) is 5.75 Å². The number of esters is 1. The van der Waals surface area contributed by atoms with E-state index in [1.165, 1.54) is 12.1 Å². The third-order valence-corrected chi connectivity index (χ3v) is 4.46. The Morgan fingerprint density at radius 3 is 2.31 bits per heavy atom. The van der Waals surface area contributed by atoms with Gasteiger partial charge in [-0.2, -0.15) is 0 Å². The minimum absolute atomic E-state index is 0.140. The summed E-state index contributed by atoms with van der Waals surface area (Å²) in [6.45, 7) is 4.55. The van der Waals surface area contributed by atoms with Crippen LogP contribution < -0.4 is 15.7 Å². The van der Waals surface area contributed by atoms with E-state index in [0.717, 1.165) is 0 Å². The van der Waals surface area contributed by atoms with Crippen molar-refractivity contribution in [2.75, 3.05) is 18.5 Å². The highest BCUT2D eigenvalue weighted by Crippen LogP contribution is 2.20. The van der Waals surface area contributed by atoms with Gasteiger partial charge < -0.3 is 19.2 Å². The maximum Gasteiger partial charge on any atom is 0.344 e. The van der Waals surface area contributed by atoms with Crippen molar-refractivity contribution in [1.29, 1.82) is 0 Å². The lowest BCUT2D eigenvalue weighted by Gasteiger charge is -2.17. The maximum absolute atomic E-state index is 12.2. The van der Waals surface area contributed by atoms with Gasteiger partial charge >= 0.3 is 11.6 Å². The molecule has 0 saturated carbocycles. The Morgan fingerprint density at radius 1 is 0.938 bits per heavy atom. The molecule has 0 bridgehead atoms. The number of benzene rings is 2.